The van der Waals surface area contributed by atoms with Gasteiger partial charge in [0.05, 0.1) is 11.7 Å². The van der Waals surface area contributed by atoms with Crippen molar-refractivity contribution in [1.29, 1.82) is 0 Å². The third-order valence-corrected chi connectivity index (χ3v) is 7.44. The fourth-order valence-corrected chi connectivity index (χ4v) is 6.07. The van der Waals surface area contributed by atoms with Gasteiger partial charge in [0.2, 0.25) is 5.91 Å². The van der Waals surface area contributed by atoms with E-state index in [1.807, 2.05) is 0 Å². The third kappa shape index (κ3) is 3.36. The zero-order chi connectivity index (χ0) is 23.2. The van der Waals surface area contributed by atoms with Crippen LogP contribution in [0.25, 0.3) is 0 Å². The van der Waals surface area contributed by atoms with Gasteiger partial charge in [0, 0.05) is 5.38 Å². The summed E-state index contributed by atoms with van der Waals surface area (Å²) >= 11 is 7.53. The molecule has 1 aromatic rings. The molecule has 1 aromatic heterocycles. The number of carbonyl (C=O) groups excluding carboxylic acids is 4. The van der Waals surface area contributed by atoms with Crippen LogP contribution in [-0.2, 0) is 33.5 Å². The number of esters is 1. The monoisotopic (exact) mass is 503 g/mol. The van der Waals surface area contributed by atoms with E-state index in [2.05, 4.69) is 20.8 Å². The van der Waals surface area contributed by atoms with E-state index < -0.39 is 52.1 Å². The van der Waals surface area contributed by atoms with Gasteiger partial charge < -0.3 is 25.3 Å². The Kier molecular flexibility index (Phi) is 5.72. The number of carbonyl (C=O) groups is 5. The number of halogens is 1. The van der Waals surface area contributed by atoms with Crippen LogP contribution in [0, 0.1) is 0 Å². The van der Waals surface area contributed by atoms with Gasteiger partial charge in [-0.15, -0.1) is 34.7 Å². The summed E-state index contributed by atoms with van der Waals surface area (Å²) in [6.07, 6.45) is -0.163. The lowest BCUT2D eigenvalue weighted by Gasteiger charge is -2.46. The second-order valence-electron chi connectivity index (χ2n) is 6.70. The lowest BCUT2D eigenvalue weighted by molar-refractivity contribution is -0.204. The fraction of sp³-hybridized carbons (Fsp3) is 0.438. The summed E-state index contributed by atoms with van der Waals surface area (Å²) < 4.78 is 5.03. The van der Waals surface area contributed by atoms with E-state index in [4.69, 9.17) is 21.2 Å². The third-order valence-electron chi connectivity index (χ3n) is 4.87. The molecule has 3 aliphatic heterocycles. The predicted octanol–water partition coefficient (Wildman–Crippen LogP) is -0.833. The Morgan fingerprint density at radius 3 is 2.88 bits per heavy atom. The molecule has 0 aromatic carbocycles. The normalized spacial score (nSPS) is 28.4. The molecule has 3 amide bonds. The van der Waals surface area contributed by atoms with Crippen molar-refractivity contribution in [3.05, 3.63) is 11.1 Å². The first-order chi connectivity index (χ1) is 15.2. The molecule has 0 spiro atoms. The minimum absolute atomic E-state index is 0.0785. The van der Waals surface area contributed by atoms with Crippen molar-refractivity contribution in [2.75, 3.05) is 18.3 Å². The fourth-order valence-electron chi connectivity index (χ4n) is 3.56. The average Bonchev–Trinajstić information content (AvgIpc) is 3.40. The van der Waals surface area contributed by atoms with Crippen LogP contribution in [0.5, 0.6) is 0 Å². The number of thiazole rings is 1. The minimum Gasteiger partial charge on any atom is -0.477 e. The van der Waals surface area contributed by atoms with Crippen molar-refractivity contribution in [3.8, 4) is 0 Å². The van der Waals surface area contributed by atoms with Gasteiger partial charge in [-0.2, -0.15) is 0 Å². The van der Waals surface area contributed by atoms with Gasteiger partial charge in [-0.1, -0.05) is 5.16 Å². The van der Waals surface area contributed by atoms with Crippen LogP contribution >= 0.6 is 34.7 Å². The average molecular weight is 504 g/mol. The molecule has 0 aliphatic carbocycles. The first-order valence-corrected chi connectivity index (χ1v) is 11.3. The quantitative estimate of drug-likeness (QED) is 0.140. The maximum Gasteiger partial charge on any atom is 0.371 e. The van der Waals surface area contributed by atoms with Gasteiger partial charge in [0.1, 0.15) is 30.1 Å². The number of carboxylic acids is 1. The number of oxime groups is 1. The van der Waals surface area contributed by atoms with Gasteiger partial charge >= 0.3 is 11.9 Å². The zero-order valence-electron chi connectivity index (χ0n) is 16.1. The van der Waals surface area contributed by atoms with Crippen LogP contribution in [0.4, 0.5) is 5.13 Å². The van der Waals surface area contributed by atoms with Crippen molar-refractivity contribution in [2.45, 2.75) is 28.8 Å². The molecule has 4 rings (SSSR count). The molecule has 3 aliphatic rings. The molecule has 3 N–H and O–H groups in total. The van der Waals surface area contributed by atoms with E-state index >= 15 is 0 Å². The highest BCUT2D eigenvalue weighted by Crippen LogP contribution is 2.55. The smallest absolute Gasteiger partial charge is 0.371 e. The largest absolute Gasteiger partial charge is 0.477 e. The highest BCUT2D eigenvalue weighted by Gasteiger charge is 2.75. The van der Waals surface area contributed by atoms with Gasteiger partial charge in [0.15, 0.2) is 10.8 Å². The number of amides is 3. The number of aliphatic carboxylic acids is 1. The maximum absolute atomic E-state index is 12.8. The number of nitrogens with zero attached hydrogens (tertiary/aromatic N) is 3. The summed E-state index contributed by atoms with van der Waals surface area (Å²) in [5.74, 6) is -4.43. The lowest BCUT2D eigenvalue weighted by atomic mass is 9.98. The molecule has 0 saturated carbocycles. The summed E-state index contributed by atoms with van der Waals surface area (Å²) in [6.45, 7) is 0. The molecular formula is C16H14ClN5O8S2. The number of hydrogen-bond acceptors (Lipinski definition) is 11. The Labute approximate surface area is 192 Å². The van der Waals surface area contributed by atoms with E-state index in [1.54, 1.807) is 0 Å². The Balaban J connectivity index is 1.50. The van der Waals surface area contributed by atoms with Crippen LogP contribution in [0.2, 0.25) is 0 Å². The molecule has 13 nitrogen and oxygen atoms in total. The SMILES string of the molecule is CO/N=C(/C(=O)N[C@@H]1C(=O)N2C1S[C@@H]1CC(=O)O[C@@]12C(=O)O)c1csc(NC(=O)CCl)n1. The van der Waals surface area contributed by atoms with Crippen molar-refractivity contribution >= 4 is 75.2 Å². The second kappa shape index (κ2) is 8.22. The molecule has 3 saturated heterocycles. The number of β-lactam (4-membered cyclic amide) rings is 1. The van der Waals surface area contributed by atoms with Crippen LogP contribution in [0.1, 0.15) is 12.1 Å². The summed E-state index contributed by atoms with van der Waals surface area (Å²) in [5, 5.41) is 18.3. The van der Waals surface area contributed by atoms with Gasteiger partial charge in [-0.05, 0) is 0 Å². The predicted molar refractivity (Wildman–Crippen MR) is 110 cm³/mol. The summed E-state index contributed by atoms with van der Waals surface area (Å²) in [4.78, 5) is 70.2. The Bertz CT molecular complexity index is 1060. The maximum atomic E-state index is 12.8. The van der Waals surface area contributed by atoms with Crippen LogP contribution in [0.15, 0.2) is 10.5 Å². The number of fused-ring (bicyclic) bond motifs is 3. The molecule has 16 heteroatoms. The van der Waals surface area contributed by atoms with E-state index in [0.29, 0.717) is 0 Å². The van der Waals surface area contributed by atoms with Crippen LogP contribution in [0.3, 0.4) is 0 Å². The number of ether oxygens (including phenoxy) is 1. The number of thioether (sulfide) groups is 1. The molecule has 4 heterocycles. The highest BCUT2D eigenvalue weighted by molar-refractivity contribution is 8.01. The van der Waals surface area contributed by atoms with E-state index in [9.17, 15) is 29.1 Å². The Hall–Kier alpha value is -2.91. The Morgan fingerprint density at radius 1 is 1.47 bits per heavy atom. The number of rotatable bonds is 7. The number of nitrogens with one attached hydrogen (secondary N) is 2. The first-order valence-electron chi connectivity index (χ1n) is 8.90. The molecule has 32 heavy (non-hydrogen) atoms. The summed E-state index contributed by atoms with van der Waals surface area (Å²) in [7, 11) is 1.21. The molecular weight excluding hydrogens is 490 g/mol. The van der Waals surface area contributed by atoms with Crippen molar-refractivity contribution in [2.24, 2.45) is 5.16 Å². The second-order valence-corrected chi connectivity index (χ2v) is 9.15. The van der Waals surface area contributed by atoms with E-state index in [0.717, 1.165) is 28.0 Å². The molecule has 3 fully saturated rings. The van der Waals surface area contributed by atoms with Crippen LogP contribution < -0.4 is 10.6 Å². The van der Waals surface area contributed by atoms with Crippen molar-refractivity contribution in [1.82, 2.24) is 15.2 Å². The van der Waals surface area contributed by atoms with Crippen molar-refractivity contribution < 1.29 is 38.7 Å². The van der Waals surface area contributed by atoms with Gasteiger partial charge in [-0.25, -0.2) is 9.78 Å². The molecule has 0 radical (unpaired) electrons. The number of carboxylic acid groups (broad SMARTS) is 1. The number of hydrogen-bond donors (Lipinski definition) is 3. The minimum atomic E-state index is -2.07. The number of anilines is 1. The molecule has 1 unspecified atom stereocenters. The molecule has 0 bridgehead atoms. The van der Waals surface area contributed by atoms with E-state index in [1.165, 1.54) is 12.5 Å². The summed E-state index contributed by atoms with van der Waals surface area (Å²) in [6, 6.07) is -1.07. The zero-order valence-corrected chi connectivity index (χ0v) is 18.5. The Morgan fingerprint density at radius 2 is 2.22 bits per heavy atom. The summed E-state index contributed by atoms with van der Waals surface area (Å²) in [5.41, 5.74) is -2.25. The first kappa shape index (κ1) is 22.3. The van der Waals surface area contributed by atoms with Gasteiger partial charge in [-0.3, -0.25) is 24.1 Å². The molecule has 4 atom stereocenters. The number of aromatic nitrogens is 1. The topological polar surface area (TPSA) is 177 Å². The lowest BCUT2D eigenvalue weighted by Crippen LogP contribution is -2.75. The van der Waals surface area contributed by atoms with Crippen molar-refractivity contribution in [3.63, 3.8) is 0 Å². The highest BCUT2D eigenvalue weighted by atomic mass is 35.5. The van der Waals surface area contributed by atoms with Crippen LogP contribution in [-0.4, -0.2) is 85.7 Å². The molecule has 170 valence electrons. The van der Waals surface area contributed by atoms with E-state index in [-0.39, 0.29) is 28.8 Å². The number of alkyl halides is 1. The van der Waals surface area contributed by atoms with Gasteiger partial charge in [0.25, 0.3) is 17.5 Å². The standard InChI is InChI=1S/C16H14ClN5O8S2/c1-29-21-9(5-4-31-15(18-5)19-7(23)3-17)11(25)20-10-12(26)22-13(10)32-6-2-8(24)30-16(6,22)14(27)28/h4,6,10,13H,2-3H2,1H3,(H,20,25)(H,27,28)(H,18,19,23)/b21-9+/t6-,10-,13?,16-/m1/s1.